The minimum Gasteiger partial charge on any atom is -0.377 e. The lowest BCUT2D eigenvalue weighted by molar-refractivity contribution is -0.156. The average molecular weight is 357 g/mol. The number of nitrogens with zero attached hydrogens (tertiary/aromatic N) is 3. The predicted octanol–water partition coefficient (Wildman–Crippen LogP) is 2.97. The lowest BCUT2D eigenvalue weighted by Gasteiger charge is -2.50. The van der Waals surface area contributed by atoms with Gasteiger partial charge in [0.2, 0.25) is 0 Å². The molecule has 2 aromatic heterocycles. The number of ether oxygens (including phenoxy) is 2. The molecule has 6 nitrogen and oxygen atoms in total. The molecular formula is C20H27N3O3. The maximum absolute atomic E-state index is 6.15. The van der Waals surface area contributed by atoms with E-state index in [4.69, 9.17) is 14.0 Å². The van der Waals surface area contributed by atoms with Gasteiger partial charge in [-0.1, -0.05) is 5.16 Å². The van der Waals surface area contributed by atoms with Crippen molar-refractivity contribution in [2.45, 2.75) is 45.4 Å². The Balaban J connectivity index is 1.40. The molecule has 6 heteroatoms. The number of piperidine rings is 1. The molecule has 0 amide bonds. The van der Waals surface area contributed by atoms with E-state index in [1.807, 2.05) is 37.5 Å². The normalized spacial score (nSPS) is 26.6. The summed E-state index contributed by atoms with van der Waals surface area (Å²) in [6.07, 6.45) is 7.23. The van der Waals surface area contributed by atoms with E-state index in [0.717, 1.165) is 69.1 Å². The van der Waals surface area contributed by atoms with Crippen LogP contribution in [0.4, 0.5) is 0 Å². The van der Waals surface area contributed by atoms with Gasteiger partial charge in [0.25, 0.3) is 0 Å². The van der Waals surface area contributed by atoms with Crippen LogP contribution in [-0.4, -0.2) is 47.4 Å². The van der Waals surface area contributed by atoms with E-state index < -0.39 is 0 Å². The Morgan fingerprint density at radius 2 is 2.23 bits per heavy atom. The summed E-state index contributed by atoms with van der Waals surface area (Å²) in [5.74, 6) is 0.867. The van der Waals surface area contributed by atoms with E-state index in [1.54, 1.807) is 0 Å². The standard InChI is InChI=1S/C20H27N3O3/c1-16-11-18(22-26-16)12-23-9-5-19-20(14-23,6-2-10-25-19)15-24-13-17-3-7-21-8-4-17/h3-4,7-8,11,19H,2,5-6,9-10,12-15H2,1H3/t19-,20+/m0/s1. The number of aromatic nitrogens is 2. The van der Waals surface area contributed by atoms with E-state index in [2.05, 4.69) is 15.0 Å². The lowest BCUT2D eigenvalue weighted by Crippen LogP contribution is -2.56. The fraction of sp³-hybridized carbons (Fsp3) is 0.600. The molecule has 0 N–H and O–H groups in total. The first-order chi connectivity index (χ1) is 12.7. The quantitative estimate of drug-likeness (QED) is 0.792. The van der Waals surface area contributed by atoms with Crippen LogP contribution in [-0.2, 0) is 22.6 Å². The number of fused-ring (bicyclic) bond motifs is 1. The first kappa shape index (κ1) is 17.6. The van der Waals surface area contributed by atoms with Crippen molar-refractivity contribution in [3.63, 3.8) is 0 Å². The Labute approximate surface area is 154 Å². The summed E-state index contributed by atoms with van der Waals surface area (Å²) in [6.45, 7) is 7.01. The Bertz CT molecular complexity index is 705. The fourth-order valence-electron chi connectivity index (χ4n) is 4.30. The molecule has 2 aliphatic rings. The van der Waals surface area contributed by atoms with Gasteiger partial charge in [0, 0.05) is 50.1 Å². The van der Waals surface area contributed by atoms with Crippen LogP contribution in [0.2, 0.25) is 0 Å². The summed E-state index contributed by atoms with van der Waals surface area (Å²) < 4.78 is 17.5. The van der Waals surface area contributed by atoms with Crippen molar-refractivity contribution in [1.29, 1.82) is 0 Å². The SMILES string of the molecule is Cc1cc(CN2CC[C@@H]3OCCC[C@]3(COCc3ccncc3)C2)no1. The molecule has 2 aliphatic heterocycles. The molecular weight excluding hydrogens is 330 g/mol. The molecule has 2 fully saturated rings. The topological polar surface area (TPSA) is 60.6 Å². The number of hydrogen-bond donors (Lipinski definition) is 0. The first-order valence-corrected chi connectivity index (χ1v) is 9.46. The summed E-state index contributed by atoms with van der Waals surface area (Å²) in [6, 6.07) is 6.04. The molecule has 0 unspecified atom stereocenters. The van der Waals surface area contributed by atoms with Crippen LogP contribution in [0.1, 0.15) is 36.3 Å². The summed E-state index contributed by atoms with van der Waals surface area (Å²) >= 11 is 0. The van der Waals surface area contributed by atoms with E-state index in [0.29, 0.717) is 12.7 Å². The fourth-order valence-corrected chi connectivity index (χ4v) is 4.30. The van der Waals surface area contributed by atoms with E-state index in [9.17, 15) is 0 Å². The number of pyridine rings is 1. The third-order valence-electron chi connectivity index (χ3n) is 5.54. The second kappa shape index (κ2) is 7.86. The first-order valence-electron chi connectivity index (χ1n) is 9.46. The minimum absolute atomic E-state index is 0.0717. The van der Waals surface area contributed by atoms with Crippen molar-refractivity contribution in [2.24, 2.45) is 5.41 Å². The molecule has 0 aromatic carbocycles. The van der Waals surface area contributed by atoms with Crippen LogP contribution >= 0.6 is 0 Å². The Kier molecular flexibility index (Phi) is 5.33. The molecule has 26 heavy (non-hydrogen) atoms. The highest BCUT2D eigenvalue weighted by atomic mass is 16.5. The minimum atomic E-state index is 0.0717. The number of rotatable bonds is 6. The monoisotopic (exact) mass is 357 g/mol. The van der Waals surface area contributed by atoms with E-state index in [-0.39, 0.29) is 5.41 Å². The lowest BCUT2D eigenvalue weighted by atomic mass is 9.73. The smallest absolute Gasteiger partial charge is 0.133 e. The third-order valence-corrected chi connectivity index (χ3v) is 5.54. The predicted molar refractivity (Wildman–Crippen MR) is 96.4 cm³/mol. The van der Waals surface area contributed by atoms with Crippen molar-refractivity contribution < 1.29 is 14.0 Å². The highest BCUT2D eigenvalue weighted by molar-refractivity contribution is 5.08. The van der Waals surface area contributed by atoms with Gasteiger partial charge < -0.3 is 14.0 Å². The maximum Gasteiger partial charge on any atom is 0.133 e. The van der Waals surface area contributed by atoms with Crippen LogP contribution < -0.4 is 0 Å². The molecule has 4 heterocycles. The van der Waals surface area contributed by atoms with Crippen molar-refractivity contribution in [3.05, 3.63) is 47.6 Å². The highest BCUT2D eigenvalue weighted by Crippen LogP contribution is 2.41. The summed E-state index contributed by atoms with van der Waals surface area (Å²) in [5.41, 5.74) is 2.24. The highest BCUT2D eigenvalue weighted by Gasteiger charge is 2.46. The Hall–Kier alpha value is -1.76. The molecule has 0 aliphatic carbocycles. The van der Waals surface area contributed by atoms with Crippen LogP contribution in [0.25, 0.3) is 0 Å². The third kappa shape index (κ3) is 3.98. The summed E-state index contributed by atoms with van der Waals surface area (Å²) in [7, 11) is 0. The van der Waals surface area contributed by atoms with Crippen LogP contribution in [0, 0.1) is 12.3 Å². The van der Waals surface area contributed by atoms with Gasteiger partial charge in [-0.15, -0.1) is 0 Å². The number of hydrogen-bond acceptors (Lipinski definition) is 6. The second-order valence-corrected chi connectivity index (χ2v) is 7.60. The van der Waals surface area contributed by atoms with Crippen LogP contribution in [0.15, 0.2) is 35.1 Å². The van der Waals surface area contributed by atoms with Gasteiger partial charge in [0.15, 0.2) is 0 Å². The zero-order chi connectivity index (χ0) is 17.8. The van der Waals surface area contributed by atoms with Crippen molar-refractivity contribution in [3.8, 4) is 0 Å². The molecule has 140 valence electrons. The molecule has 2 atom stereocenters. The zero-order valence-corrected chi connectivity index (χ0v) is 15.4. The molecule has 2 aromatic rings. The molecule has 4 rings (SSSR count). The molecule has 2 saturated heterocycles. The molecule has 0 spiro atoms. The molecule has 0 bridgehead atoms. The van der Waals surface area contributed by atoms with Gasteiger partial charge in [-0.2, -0.15) is 0 Å². The van der Waals surface area contributed by atoms with Gasteiger partial charge in [-0.25, -0.2) is 0 Å². The second-order valence-electron chi connectivity index (χ2n) is 7.60. The largest absolute Gasteiger partial charge is 0.377 e. The van der Waals surface area contributed by atoms with Crippen molar-refractivity contribution >= 4 is 0 Å². The molecule has 0 saturated carbocycles. The zero-order valence-electron chi connectivity index (χ0n) is 15.4. The maximum atomic E-state index is 6.15. The van der Waals surface area contributed by atoms with Crippen molar-refractivity contribution in [2.75, 3.05) is 26.3 Å². The average Bonchev–Trinajstić information content (AvgIpc) is 3.07. The van der Waals surface area contributed by atoms with Gasteiger partial charge in [0.05, 0.1) is 25.0 Å². The number of aryl methyl sites for hydroxylation is 1. The van der Waals surface area contributed by atoms with Gasteiger partial charge in [-0.3, -0.25) is 9.88 Å². The van der Waals surface area contributed by atoms with Gasteiger partial charge in [0.1, 0.15) is 5.76 Å². The van der Waals surface area contributed by atoms with Gasteiger partial charge >= 0.3 is 0 Å². The van der Waals surface area contributed by atoms with Crippen molar-refractivity contribution in [1.82, 2.24) is 15.0 Å². The summed E-state index contributed by atoms with van der Waals surface area (Å²) in [4.78, 5) is 6.53. The van der Waals surface area contributed by atoms with Gasteiger partial charge in [-0.05, 0) is 43.9 Å². The van der Waals surface area contributed by atoms with E-state index in [1.165, 1.54) is 0 Å². The number of likely N-dealkylation sites (tertiary alicyclic amines) is 1. The van der Waals surface area contributed by atoms with Crippen LogP contribution in [0.5, 0.6) is 0 Å². The Morgan fingerprint density at radius 1 is 1.35 bits per heavy atom. The molecule has 0 radical (unpaired) electrons. The summed E-state index contributed by atoms with van der Waals surface area (Å²) in [5, 5.41) is 4.15. The van der Waals surface area contributed by atoms with E-state index >= 15 is 0 Å². The van der Waals surface area contributed by atoms with Crippen LogP contribution in [0.3, 0.4) is 0 Å². The Morgan fingerprint density at radius 3 is 3.04 bits per heavy atom.